The van der Waals surface area contributed by atoms with Crippen molar-refractivity contribution in [1.29, 1.82) is 0 Å². The molecule has 3 heteroatoms. The van der Waals surface area contributed by atoms with Crippen molar-refractivity contribution in [3.8, 4) is 11.3 Å². The van der Waals surface area contributed by atoms with E-state index in [1.165, 1.54) is 12.1 Å². The summed E-state index contributed by atoms with van der Waals surface area (Å²) in [5, 5.41) is 0. The summed E-state index contributed by atoms with van der Waals surface area (Å²) in [5.41, 5.74) is 6.22. The lowest BCUT2D eigenvalue weighted by molar-refractivity contribution is 0.547. The quantitative estimate of drug-likeness (QED) is 0.704. The van der Waals surface area contributed by atoms with Crippen LogP contribution in [0, 0.1) is 12.7 Å². The summed E-state index contributed by atoms with van der Waals surface area (Å²) < 4.78 is 18.5. The van der Waals surface area contributed by atoms with Crippen molar-refractivity contribution in [3.05, 3.63) is 41.9 Å². The summed E-state index contributed by atoms with van der Waals surface area (Å²) in [5.74, 6) is 1.04. The van der Waals surface area contributed by atoms with E-state index in [2.05, 4.69) is 0 Å². The van der Waals surface area contributed by atoms with Gasteiger partial charge < -0.3 is 10.2 Å². The lowest BCUT2D eigenvalue weighted by Gasteiger charge is -1.99. The van der Waals surface area contributed by atoms with Crippen molar-refractivity contribution in [2.45, 2.75) is 6.92 Å². The second-order valence-corrected chi connectivity index (χ2v) is 3.15. The Bertz CT molecular complexity index is 462. The molecule has 14 heavy (non-hydrogen) atoms. The molecular formula is C11H10FNO. The molecule has 0 unspecified atom stereocenters. The Kier molecular flexibility index (Phi) is 2.00. The van der Waals surface area contributed by atoms with E-state index in [4.69, 9.17) is 10.2 Å². The molecule has 2 rings (SSSR count). The molecule has 2 N–H and O–H groups in total. The van der Waals surface area contributed by atoms with Gasteiger partial charge in [0, 0.05) is 5.56 Å². The molecule has 0 radical (unpaired) electrons. The molecule has 0 saturated heterocycles. The second kappa shape index (κ2) is 3.18. The van der Waals surface area contributed by atoms with Gasteiger partial charge in [-0.15, -0.1) is 0 Å². The van der Waals surface area contributed by atoms with E-state index in [1.807, 2.05) is 13.0 Å². The standard InChI is InChI=1S/C11H10FNO/c1-7-2-5-11(14-7)8-3-4-10(13)9(12)6-8/h2-6H,13H2,1H3. The van der Waals surface area contributed by atoms with Gasteiger partial charge in [-0.05, 0) is 37.3 Å². The number of benzene rings is 1. The van der Waals surface area contributed by atoms with Crippen molar-refractivity contribution in [2.75, 3.05) is 5.73 Å². The van der Waals surface area contributed by atoms with Crippen LogP contribution in [0.15, 0.2) is 34.7 Å². The predicted octanol–water partition coefficient (Wildman–Crippen LogP) is 2.98. The number of aryl methyl sites for hydroxylation is 1. The fourth-order valence-corrected chi connectivity index (χ4v) is 1.27. The molecule has 0 bridgehead atoms. The number of halogens is 1. The molecule has 0 fully saturated rings. The van der Waals surface area contributed by atoms with E-state index in [-0.39, 0.29) is 5.69 Å². The number of nitrogens with two attached hydrogens (primary N) is 1. The third kappa shape index (κ3) is 1.48. The van der Waals surface area contributed by atoms with E-state index in [1.54, 1.807) is 12.1 Å². The lowest BCUT2D eigenvalue weighted by Crippen LogP contribution is -1.89. The fraction of sp³-hybridized carbons (Fsp3) is 0.0909. The minimum absolute atomic E-state index is 0.150. The molecule has 0 aliphatic carbocycles. The van der Waals surface area contributed by atoms with Crippen LogP contribution in [0.25, 0.3) is 11.3 Å². The molecule has 2 aromatic rings. The monoisotopic (exact) mass is 191 g/mol. The molecule has 1 aromatic heterocycles. The van der Waals surface area contributed by atoms with Crippen LogP contribution in [0.4, 0.5) is 10.1 Å². The summed E-state index contributed by atoms with van der Waals surface area (Å²) in [6, 6.07) is 8.27. The highest BCUT2D eigenvalue weighted by molar-refractivity contribution is 5.61. The zero-order valence-corrected chi connectivity index (χ0v) is 7.75. The van der Waals surface area contributed by atoms with E-state index in [9.17, 15) is 4.39 Å². The molecule has 1 aromatic carbocycles. The zero-order valence-electron chi connectivity index (χ0n) is 7.75. The van der Waals surface area contributed by atoms with Crippen molar-refractivity contribution in [1.82, 2.24) is 0 Å². The zero-order chi connectivity index (χ0) is 10.1. The maximum Gasteiger partial charge on any atom is 0.146 e. The molecule has 0 aliphatic heterocycles. The van der Waals surface area contributed by atoms with E-state index < -0.39 is 5.82 Å². The van der Waals surface area contributed by atoms with Crippen LogP contribution < -0.4 is 5.73 Å². The number of nitrogen functional groups attached to an aromatic ring is 1. The minimum Gasteiger partial charge on any atom is -0.461 e. The van der Waals surface area contributed by atoms with Gasteiger partial charge >= 0.3 is 0 Å². The second-order valence-electron chi connectivity index (χ2n) is 3.15. The maximum absolute atomic E-state index is 13.1. The molecule has 0 saturated carbocycles. The summed E-state index contributed by atoms with van der Waals surface area (Å²) >= 11 is 0. The Morgan fingerprint density at radius 1 is 1.21 bits per heavy atom. The summed E-state index contributed by atoms with van der Waals surface area (Å²) in [7, 11) is 0. The molecular weight excluding hydrogens is 181 g/mol. The smallest absolute Gasteiger partial charge is 0.146 e. The van der Waals surface area contributed by atoms with Crippen LogP contribution in [0.2, 0.25) is 0 Å². The van der Waals surface area contributed by atoms with Gasteiger partial charge in [-0.25, -0.2) is 4.39 Å². The highest BCUT2D eigenvalue weighted by Crippen LogP contribution is 2.24. The Labute approximate surface area is 81.2 Å². The van der Waals surface area contributed by atoms with Crippen LogP contribution in [-0.4, -0.2) is 0 Å². The molecule has 72 valence electrons. The van der Waals surface area contributed by atoms with Crippen LogP contribution >= 0.6 is 0 Å². The van der Waals surface area contributed by atoms with Crippen LogP contribution in [0.1, 0.15) is 5.76 Å². The van der Waals surface area contributed by atoms with Crippen molar-refractivity contribution in [2.24, 2.45) is 0 Å². The largest absolute Gasteiger partial charge is 0.461 e. The first kappa shape index (κ1) is 8.81. The molecule has 0 spiro atoms. The average Bonchev–Trinajstić information content (AvgIpc) is 2.57. The first-order valence-electron chi connectivity index (χ1n) is 4.28. The lowest BCUT2D eigenvalue weighted by atomic mass is 10.1. The minimum atomic E-state index is -0.420. The van der Waals surface area contributed by atoms with Crippen LogP contribution in [0.3, 0.4) is 0 Å². The number of hydrogen-bond acceptors (Lipinski definition) is 2. The van der Waals surface area contributed by atoms with E-state index in [0.717, 1.165) is 5.76 Å². The van der Waals surface area contributed by atoms with Crippen molar-refractivity contribution in [3.63, 3.8) is 0 Å². The Morgan fingerprint density at radius 3 is 2.57 bits per heavy atom. The van der Waals surface area contributed by atoms with Crippen LogP contribution in [-0.2, 0) is 0 Å². The summed E-state index contributed by atoms with van der Waals surface area (Å²) in [6.07, 6.45) is 0. The Balaban J connectivity index is 2.47. The number of anilines is 1. The molecule has 0 amide bonds. The number of furan rings is 1. The highest BCUT2D eigenvalue weighted by Gasteiger charge is 2.05. The van der Waals surface area contributed by atoms with Gasteiger partial charge in [-0.3, -0.25) is 0 Å². The average molecular weight is 191 g/mol. The first-order valence-corrected chi connectivity index (χ1v) is 4.28. The fourth-order valence-electron chi connectivity index (χ4n) is 1.27. The molecule has 1 heterocycles. The Morgan fingerprint density at radius 2 is 2.00 bits per heavy atom. The van der Waals surface area contributed by atoms with E-state index in [0.29, 0.717) is 11.3 Å². The van der Waals surface area contributed by atoms with Gasteiger partial charge in [0.1, 0.15) is 17.3 Å². The third-order valence-electron chi connectivity index (χ3n) is 2.03. The van der Waals surface area contributed by atoms with Gasteiger partial charge in [0.05, 0.1) is 5.69 Å². The molecule has 2 nitrogen and oxygen atoms in total. The van der Waals surface area contributed by atoms with Gasteiger partial charge in [0.25, 0.3) is 0 Å². The van der Waals surface area contributed by atoms with Gasteiger partial charge in [-0.1, -0.05) is 0 Å². The maximum atomic E-state index is 13.1. The van der Waals surface area contributed by atoms with Gasteiger partial charge in [0.15, 0.2) is 0 Å². The first-order chi connectivity index (χ1) is 6.66. The highest BCUT2D eigenvalue weighted by atomic mass is 19.1. The number of hydrogen-bond donors (Lipinski definition) is 1. The summed E-state index contributed by atoms with van der Waals surface area (Å²) in [6.45, 7) is 1.84. The number of rotatable bonds is 1. The van der Waals surface area contributed by atoms with E-state index >= 15 is 0 Å². The topological polar surface area (TPSA) is 39.2 Å². The van der Waals surface area contributed by atoms with Gasteiger partial charge in [-0.2, -0.15) is 0 Å². The van der Waals surface area contributed by atoms with Gasteiger partial charge in [0.2, 0.25) is 0 Å². The van der Waals surface area contributed by atoms with Crippen molar-refractivity contribution >= 4 is 5.69 Å². The third-order valence-corrected chi connectivity index (χ3v) is 2.03. The SMILES string of the molecule is Cc1ccc(-c2ccc(N)c(F)c2)o1. The molecule has 0 atom stereocenters. The predicted molar refractivity (Wildman–Crippen MR) is 53.3 cm³/mol. The normalized spacial score (nSPS) is 10.4. The summed E-state index contributed by atoms with van der Waals surface area (Å²) in [4.78, 5) is 0. The molecule has 0 aliphatic rings. The Hall–Kier alpha value is -1.77. The van der Waals surface area contributed by atoms with Crippen molar-refractivity contribution < 1.29 is 8.81 Å². The van der Waals surface area contributed by atoms with Crippen LogP contribution in [0.5, 0.6) is 0 Å².